The highest BCUT2D eigenvalue weighted by molar-refractivity contribution is 5.94. The van der Waals surface area contributed by atoms with E-state index in [4.69, 9.17) is 9.47 Å². The van der Waals surface area contributed by atoms with Crippen LogP contribution >= 0.6 is 0 Å². The van der Waals surface area contributed by atoms with Crippen LogP contribution in [0, 0.1) is 5.92 Å². The van der Waals surface area contributed by atoms with Gasteiger partial charge >= 0.3 is 0 Å². The highest BCUT2D eigenvalue weighted by Gasteiger charge is 2.22. The van der Waals surface area contributed by atoms with Gasteiger partial charge in [0.2, 0.25) is 5.88 Å². The molecule has 20 heavy (non-hydrogen) atoms. The number of nitrogens with zero attached hydrogens (tertiary/aromatic N) is 1. The van der Waals surface area contributed by atoms with Crippen molar-refractivity contribution in [3.8, 4) is 5.88 Å². The van der Waals surface area contributed by atoms with E-state index in [0.29, 0.717) is 24.0 Å². The fourth-order valence-corrected chi connectivity index (χ4v) is 1.82. The second-order valence-corrected chi connectivity index (χ2v) is 5.17. The minimum absolute atomic E-state index is 0.0262. The molecule has 1 fully saturated rings. The Balaban J connectivity index is 1.85. The quantitative estimate of drug-likeness (QED) is 0.790. The van der Waals surface area contributed by atoms with Crippen LogP contribution in [0.5, 0.6) is 5.88 Å². The standard InChI is InChI=1S/C15H22N2O3/c1-3-13(10-19-2)17-15(18)12-6-7-14(16-8-12)20-9-11-4-5-11/h6-8,11,13H,3-5,9-10H2,1-2H3,(H,17,18)/t13-/m0/s1. The van der Waals surface area contributed by atoms with E-state index in [2.05, 4.69) is 10.3 Å². The molecule has 2 rings (SSSR count). The van der Waals surface area contributed by atoms with Crippen LogP contribution in [0.4, 0.5) is 0 Å². The van der Waals surface area contributed by atoms with Crippen molar-refractivity contribution in [2.45, 2.75) is 32.2 Å². The molecule has 0 aliphatic heterocycles. The number of hydrogen-bond donors (Lipinski definition) is 1. The zero-order valence-electron chi connectivity index (χ0n) is 12.1. The summed E-state index contributed by atoms with van der Waals surface area (Å²) in [5, 5.41) is 2.92. The van der Waals surface area contributed by atoms with E-state index in [1.165, 1.54) is 12.8 Å². The summed E-state index contributed by atoms with van der Waals surface area (Å²) in [6.07, 6.45) is 4.88. The Morgan fingerprint density at radius 1 is 1.50 bits per heavy atom. The Kier molecular flexibility index (Phi) is 5.35. The Labute approximate surface area is 119 Å². The smallest absolute Gasteiger partial charge is 0.253 e. The summed E-state index contributed by atoms with van der Waals surface area (Å²) >= 11 is 0. The number of hydrogen-bond acceptors (Lipinski definition) is 4. The molecule has 0 aromatic carbocycles. The Morgan fingerprint density at radius 2 is 2.30 bits per heavy atom. The normalized spacial score (nSPS) is 15.7. The fraction of sp³-hybridized carbons (Fsp3) is 0.600. The zero-order valence-corrected chi connectivity index (χ0v) is 12.1. The molecule has 5 nitrogen and oxygen atoms in total. The molecule has 0 saturated heterocycles. The van der Waals surface area contributed by atoms with Gasteiger partial charge in [-0.25, -0.2) is 4.98 Å². The SMILES string of the molecule is CC[C@@H](COC)NC(=O)c1ccc(OCC2CC2)nc1. The molecular weight excluding hydrogens is 256 g/mol. The molecule has 1 N–H and O–H groups in total. The van der Waals surface area contributed by atoms with E-state index < -0.39 is 0 Å². The maximum atomic E-state index is 12.0. The monoisotopic (exact) mass is 278 g/mol. The van der Waals surface area contributed by atoms with Gasteiger partial charge in [-0.05, 0) is 31.2 Å². The molecule has 0 spiro atoms. The van der Waals surface area contributed by atoms with Gasteiger partial charge in [-0.15, -0.1) is 0 Å². The lowest BCUT2D eigenvalue weighted by Gasteiger charge is -2.15. The lowest BCUT2D eigenvalue weighted by Crippen LogP contribution is -2.37. The van der Waals surface area contributed by atoms with Gasteiger partial charge < -0.3 is 14.8 Å². The summed E-state index contributed by atoms with van der Waals surface area (Å²) in [6, 6.07) is 3.51. The largest absolute Gasteiger partial charge is 0.477 e. The molecule has 0 bridgehead atoms. The van der Waals surface area contributed by atoms with Crippen molar-refractivity contribution in [3.63, 3.8) is 0 Å². The van der Waals surface area contributed by atoms with Crippen molar-refractivity contribution in [2.75, 3.05) is 20.3 Å². The molecule has 110 valence electrons. The first-order valence-electron chi connectivity index (χ1n) is 7.11. The van der Waals surface area contributed by atoms with Crippen molar-refractivity contribution in [2.24, 2.45) is 5.92 Å². The highest BCUT2D eigenvalue weighted by atomic mass is 16.5. The summed E-state index contributed by atoms with van der Waals surface area (Å²) in [5.74, 6) is 1.15. The minimum Gasteiger partial charge on any atom is -0.477 e. The second-order valence-electron chi connectivity index (χ2n) is 5.17. The molecule has 1 aromatic heterocycles. The number of carbonyl (C=O) groups excluding carboxylic acids is 1. The molecular formula is C15H22N2O3. The number of aromatic nitrogens is 1. The molecule has 1 heterocycles. The number of ether oxygens (including phenoxy) is 2. The third-order valence-corrected chi connectivity index (χ3v) is 3.36. The zero-order chi connectivity index (χ0) is 14.4. The molecule has 1 aliphatic carbocycles. The fourth-order valence-electron chi connectivity index (χ4n) is 1.82. The minimum atomic E-state index is -0.129. The van der Waals surface area contributed by atoms with Gasteiger partial charge in [0.15, 0.2) is 0 Å². The van der Waals surface area contributed by atoms with E-state index in [-0.39, 0.29) is 11.9 Å². The lowest BCUT2D eigenvalue weighted by molar-refractivity contribution is 0.0894. The van der Waals surface area contributed by atoms with E-state index in [9.17, 15) is 4.79 Å². The number of carbonyl (C=O) groups is 1. The third kappa shape index (κ3) is 4.49. The summed E-state index contributed by atoms with van der Waals surface area (Å²) in [4.78, 5) is 16.2. The molecule has 1 saturated carbocycles. The predicted octanol–water partition coefficient (Wildman–Crippen LogP) is 2.03. The number of methoxy groups -OCH3 is 1. The van der Waals surface area contributed by atoms with Crippen LogP contribution in [0.2, 0.25) is 0 Å². The maximum absolute atomic E-state index is 12.0. The van der Waals surface area contributed by atoms with E-state index in [1.54, 1.807) is 25.4 Å². The van der Waals surface area contributed by atoms with E-state index in [0.717, 1.165) is 13.0 Å². The average Bonchev–Trinajstić information content (AvgIpc) is 3.29. The Hall–Kier alpha value is -1.62. The van der Waals surface area contributed by atoms with Crippen LogP contribution in [0.15, 0.2) is 18.3 Å². The number of amides is 1. The van der Waals surface area contributed by atoms with Gasteiger partial charge in [0.05, 0.1) is 24.8 Å². The van der Waals surface area contributed by atoms with Crippen LogP contribution in [0.25, 0.3) is 0 Å². The molecule has 1 aliphatic rings. The third-order valence-electron chi connectivity index (χ3n) is 3.36. The molecule has 1 atom stereocenters. The molecule has 0 unspecified atom stereocenters. The maximum Gasteiger partial charge on any atom is 0.253 e. The van der Waals surface area contributed by atoms with Crippen LogP contribution in [-0.4, -0.2) is 37.3 Å². The lowest BCUT2D eigenvalue weighted by atomic mass is 10.2. The molecule has 5 heteroatoms. The molecule has 0 radical (unpaired) electrons. The summed E-state index contributed by atoms with van der Waals surface area (Å²) in [7, 11) is 1.63. The summed E-state index contributed by atoms with van der Waals surface area (Å²) in [5.41, 5.74) is 0.540. The van der Waals surface area contributed by atoms with Crippen LogP contribution in [-0.2, 0) is 4.74 Å². The van der Waals surface area contributed by atoms with Crippen LogP contribution in [0.3, 0.4) is 0 Å². The van der Waals surface area contributed by atoms with Gasteiger partial charge in [-0.1, -0.05) is 6.92 Å². The average molecular weight is 278 g/mol. The molecule has 1 aromatic rings. The summed E-state index contributed by atoms with van der Waals surface area (Å²) < 4.78 is 10.6. The first kappa shape index (κ1) is 14.8. The first-order chi connectivity index (χ1) is 9.72. The van der Waals surface area contributed by atoms with Gasteiger partial charge in [0.25, 0.3) is 5.91 Å². The van der Waals surface area contributed by atoms with Crippen LogP contribution < -0.4 is 10.1 Å². The predicted molar refractivity (Wildman–Crippen MR) is 75.9 cm³/mol. The second kappa shape index (κ2) is 7.24. The van der Waals surface area contributed by atoms with Gasteiger partial charge in [0.1, 0.15) is 0 Å². The highest BCUT2D eigenvalue weighted by Crippen LogP contribution is 2.29. The Bertz CT molecular complexity index is 429. The first-order valence-corrected chi connectivity index (χ1v) is 7.11. The molecule has 1 amide bonds. The van der Waals surface area contributed by atoms with Gasteiger partial charge in [-0.2, -0.15) is 0 Å². The van der Waals surface area contributed by atoms with E-state index >= 15 is 0 Å². The van der Waals surface area contributed by atoms with Gasteiger partial charge in [-0.3, -0.25) is 4.79 Å². The van der Waals surface area contributed by atoms with Gasteiger partial charge in [0, 0.05) is 19.4 Å². The van der Waals surface area contributed by atoms with Crippen molar-refractivity contribution < 1.29 is 14.3 Å². The number of nitrogens with one attached hydrogen (secondary N) is 1. The summed E-state index contributed by atoms with van der Waals surface area (Å²) in [6.45, 7) is 3.25. The van der Waals surface area contributed by atoms with Crippen molar-refractivity contribution >= 4 is 5.91 Å². The Morgan fingerprint density at radius 3 is 2.85 bits per heavy atom. The van der Waals surface area contributed by atoms with Crippen molar-refractivity contribution in [1.82, 2.24) is 10.3 Å². The van der Waals surface area contributed by atoms with Crippen molar-refractivity contribution in [1.29, 1.82) is 0 Å². The van der Waals surface area contributed by atoms with Crippen molar-refractivity contribution in [3.05, 3.63) is 23.9 Å². The number of pyridine rings is 1. The van der Waals surface area contributed by atoms with E-state index in [1.807, 2.05) is 6.92 Å². The topological polar surface area (TPSA) is 60.5 Å². The van der Waals surface area contributed by atoms with Crippen LogP contribution in [0.1, 0.15) is 36.5 Å². The number of rotatable bonds is 8.